The van der Waals surface area contributed by atoms with Crippen molar-refractivity contribution < 1.29 is 63.0 Å². The molecule has 5 aliphatic rings. The van der Waals surface area contributed by atoms with Crippen LogP contribution in [-0.4, -0.2) is 247 Å². The first-order chi connectivity index (χ1) is 65.5. The molecule has 32 nitrogen and oxygen atoms in total. The first kappa shape index (κ1) is 96.8. The molecule has 0 fully saturated rings. The number of H-pyrrole nitrogens is 1. The van der Waals surface area contributed by atoms with Crippen molar-refractivity contribution in [2.75, 3.05) is 137 Å². The molecule has 699 valence electrons. The van der Waals surface area contributed by atoms with Gasteiger partial charge in [-0.3, -0.25) is 24.0 Å². The number of aromatic amines is 1. The number of rotatable bonds is 24. The summed E-state index contributed by atoms with van der Waals surface area (Å²) in [6, 6.07) is 74.4. The van der Waals surface area contributed by atoms with Crippen LogP contribution < -0.4 is 34.9 Å². The Balaban J connectivity index is 0.000000148. The minimum atomic E-state index is -3.00. The minimum Gasteiger partial charge on any atom is -0.494 e. The SMILES string of the molecule is CN(C)CCCN(CCCN(C)C)c1nc(Nc2cccc3c2C(=O)c2ccccc2C3=O)nc(Nc2cccc3c2C(=O)c2ccccc2C3=O)n1.CN(C)CCCNS(C)(=O)=O.CN(C)CCNS(C)(=O)=O.O=C1N=C(c2ccccc2)c2c(O)[nH]c(-c3ccccc3)c21.[Cu+2].c1ccc2c(c1)-c1nc-2nc2[n-]c(nc3nc(nc4[n-]c(n1)c1ccccc41)-c1ccccc1-3)c1ccccc21. The first-order valence-electron chi connectivity index (χ1n) is 43.9. The molecular formula is C102H98CuN22O10S2. The van der Waals surface area contributed by atoms with Gasteiger partial charge < -0.3 is 75.1 Å². The van der Waals surface area contributed by atoms with Gasteiger partial charge in [-0.2, -0.15) is 15.0 Å². The fourth-order valence-electron chi connectivity index (χ4n) is 16.2. The van der Waals surface area contributed by atoms with Crippen LogP contribution in [0, 0.1) is 0 Å². The summed E-state index contributed by atoms with van der Waals surface area (Å²) in [6.07, 6.45) is 4.86. The quantitative estimate of drug-likeness (QED) is 0.0242. The Hall–Kier alpha value is -14.8. The van der Waals surface area contributed by atoms with Crippen molar-refractivity contribution in [2.24, 2.45) is 4.99 Å². The standard InChI is InChI=1S/C41H40N8O4.C32H16N8.C18H12N2O2.C6H16N2O2S.C5H14N2O2S.Cu/c1-47(2)21-11-23-49(24-12-22-48(3)4)41-45-39(42-31-19-9-17-29-33(31)37(52)27-15-7-5-13-25(27)35(29)50)44-40(46-41)43-32-20-10-18-30-34(32)38(53)28-16-8-6-14-26(28)36(30)51;1-2-10-18-17(9-1)25-33-26(18)38-28-21-13-5-6-14-22(21)30(35-28)40-32-24-16-8-7-15-23(24)31(36-32)39-29-20-12-4-3-11-19(20)27(34-29)37-25;21-17-13-14(16(20-17)12-9-5-2-6-10-12)18(22)19-15(13)11-7-3-1-4-8-11;1-8(2)6-4-5-7-11(3,9)10;1-7(2)5-4-6-10(3,8)9;/h5-10,13-20H,11-12,21-24H2,1-4H3,(H2,42,43,44,45,46);1-16H;1-10,19,22H;7H,4-6H2,1-3H3;6H,4-5H2,1-3H3;/q;-2;;;;+2. The average Bonchev–Trinajstić information content (AvgIpc) is 1.71. The number of hydrogen-bond acceptors (Lipinski definition) is 26. The summed E-state index contributed by atoms with van der Waals surface area (Å²) in [5.41, 5.74) is 12.7. The number of aromatic nitrogens is 12. The number of hydrogen-bond donors (Lipinski definition) is 6. The molecule has 1 amide bonds. The number of fused-ring (bicyclic) bond motifs is 25. The van der Waals surface area contributed by atoms with Gasteiger partial charge in [0, 0.05) is 117 Å². The second-order valence-corrected chi connectivity index (χ2v) is 37.4. The fraction of sp³-hybridized carbons (Fsp3) is 0.206. The maximum Gasteiger partial charge on any atom is 2.00 e. The Morgan fingerprint density at radius 2 is 0.672 bits per heavy atom. The molecule has 5 aromatic heterocycles. The maximum absolute atomic E-state index is 13.8. The number of aromatic hydroxyl groups is 1. The molecular weight excluding hydrogens is 1820 g/mol. The molecule has 35 heteroatoms. The van der Waals surface area contributed by atoms with Crippen LogP contribution in [-0.2, 0) is 37.1 Å². The summed E-state index contributed by atoms with van der Waals surface area (Å²) in [7, 11) is 9.82. The summed E-state index contributed by atoms with van der Waals surface area (Å²) in [5, 5.41) is 20.3. The van der Waals surface area contributed by atoms with Crippen LogP contribution in [0.5, 0.6) is 5.88 Å². The third kappa shape index (κ3) is 22.3. The molecule has 0 unspecified atom stereocenters. The molecule has 8 heterocycles. The molecule has 0 atom stereocenters. The molecule has 0 saturated carbocycles. The summed E-state index contributed by atoms with van der Waals surface area (Å²) >= 11 is 0. The van der Waals surface area contributed by atoms with Crippen molar-refractivity contribution in [1.29, 1.82) is 0 Å². The molecule has 0 saturated heterocycles. The summed E-state index contributed by atoms with van der Waals surface area (Å²) < 4.78 is 46.9. The zero-order valence-corrected chi connectivity index (χ0v) is 79.3. The van der Waals surface area contributed by atoms with Crippen LogP contribution >= 0.6 is 0 Å². The predicted molar refractivity (Wildman–Crippen MR) is 530 cm³/mol. The average molecular weight is 1920 g/mol. The monoisotopic (exact) mass is 1920 g/mol. The van der Waals surface area contributed by atoms with Crippen LogP contribution in [0.15, 0.2) is 248 Å². The third-order valence-corrected chi connectivity index (χ3v) is 24.0. The van der Waals surface area contributed by atoms with Gasteiger partial charge >= 0.3 is 17.1 Å². The van der Waals surface area contributed by atoms with E-state index in [9.17, 15) is 45.9 Å². The second kappa shape index (κ2) is 42.4. The zero-order valence-electron chi connectivity index (χ0n) is 76.7. The predicted octanol–water partition coefficient (Wildman–Crippen LogP) is 13.7. The Kier molecular flexibility index (Phi) is 30.0. The van der Waals surface area contributed by atoms with Crippen molar-refractivity contribution in [3.05, 3.63) is 304 Å². The van der Waals surface area contributed by atoms with Crippen LogP contribution in [0.25, 0.3) is 101 Å². The second-order valence-electron chi connectivity index (χ2n) is 33.8. The molecule has 137 heavy (non-hydrogen) atoms. The van der Waals surface area contributed by atoms with Crippen molar-refractivity contribution in [2.45, 2.75) is 19.3 Å². The number of carbonyl (C=O) groups is 5. The number of benzene rings is 10. The topological polar surface area (TPSA) is 411 Å². The summed E-state index contributed by atoms with van der Waals surface area (Å²) in [4.78, 5) is 138. The van der Waals surface area contributed by atoms with Gasteiger partial charge in [0.25, 0.3) is 5.91 Å². The van der Waals surface area contributed by atoms with Gasteiger partial charge in [0.2, 0.25) is 37.9 Å². The fourth-order valence-corrected chi connectivity index (χ4v) is 17.1. The Bertz CT molecular complexity index is 7130. The van der Waals surface area contributed by atoms with E-state index in [0.717, 1.165) is 107 Å². The van der Waals surface area contributed by atoms with Gasteiger partial charge in [0.1, 0.15) is 0 Å². The number of ketones is 4. The third-order valence-electron chi connectivity index (χ3n) is 22.5. The number of amides is 1. The molecule has 1 radical (unpaired) electrons. The Labute approximate surface area is 802 Å². The molecule has 20 rings (SSSR count). The van der Waals surface area contributed by atoms with Gasteiger partial charge in [-0.1, -0.05) is 231 Å². The van der Waals surface area contributed by atoms with Crippen LogP contribution in [0.3, 0.4) is 0 Å². The Morgan fingerprint density at radius 1 is 0.336 bits per heavy atom. The minimum absolute atomic E-state index is 0. The molecule has 8 bridgehead atoms. The van der Waals surface area contributed by atoms with Crippen LogP contribution in [0.1, 0.15) is 104 Å². The summed E-state index contributed by atoms with van der Waals surface area (Å²) in [6.45, 7) is 5.66. The Morgan fingerprint density at radius 3 is 1.05 bits per heavy atom. The zero-order chi connectivity index (χ0) is 95.6. The normalized spacial score (nSPS) is 12.6. The first-order valence-corrected chi connectivity index (χ1v) is 47.7. The van der Waals surface area contributed by atoms with Crippen LogP contribution in [0.2, 0.25) is 0 Å². The molecule has 6 N–H and O–H groups in total. The number of sulfonamides is 2. The van der Waals surface area contributed by atoms with Gasteiger partial charge in [0.05, 0.1) is 80.8 Å². The number of nitrogens with one attached hydrogen (secondary N) is 5. The van der Waals surface area contributed by atoms with E-state index in [1.807, 2.05) is 224 Å². The van der Waals surface area contributed by atoms with Crippen molar-refractivity contribution in [3.63, 3.8) is 0 Å². The van der Waals surface area contributed by atoms with Crippen molar-refractivity contribution in [1.82, 2.24) is 88.9 Å². The van der Waals surface area contributed by atoms with E-state index >= 15 is 0 Å². The van der Waals surface area contributed by atoms with Crippen molar-refractivity contribution >= 4 is 128 Å². The maximum atomic E-state index is 13.8. The smallest absolute Gasteiger partial charge is 0.494 e. The van der Waals surface area contributed by atoms with Crippen LogP contribution in [0.4, 0.5) is 29.2 Å². The number of carbonyl (C=O) groups excluding carboxylic acids is 5. The molecule has 10 aromatic carbocycles. The summed E-state index contributed by atoms with van der Waals surface area (Å²) in [5.74, 6) is 1.48. The molecule has 15 aromatic rings. The molecule has 2 aliphatic carbocycles. The molecule has 0 spiro atoms. The van der Waals surface area contributed by atoms with E-state index in [1.54, 1.807) is 84.9 Å². The van der Waals surface area contributed by atoms with E-state index in [-0.39, 0.29) is 75.0 Å². The molecule has 3 aliphatic heterocycles. The number of anilines is 5. The van der Waals surface area contributed by atoms with Gasteiger partial charge in [-0.15, -0.1) is 0 Å². The van der Waals surface area contributed by atoms with E-state index < -0.39 is 20.0 Å². The number of aliphatic imine (C=N–C) groups is 1. The number of nitrogens with zero attached hydrogens (tertiary/aromatic N) is 17. The number of likely N-dealkylation sites (N-methyl/N-ethyl adjacent to an activating group) is 1. The van der Waals surface area contributed by atoms with Crippen molar-refractivity contribution in [3.8, 4) is 62.7 Å². The largest absolute Gasteiger partial charge is 2.00 e. The van der Waals surface area contributed by atoms with Gasteiger partial charge in [-0.05, 0) is 135 Å². The van der Waals surface area contributed by atoms with E-state index in [4.69, 9.17) is 54.8 Å². The van der Waals surface area contributed by atoms with Gasteiger partial charge in [0.15, 0.2) is 29.0 Å². The van der Waals surface area contributed by atoms with E-state index in [1.165, 1.54) is 6.26 Å². The van der Waals surface area contributed by atoms with E-state index in [2.05, 4.69) is 44.8 Å². The van der Waals surface area contributed by atoms with Gasteiger partial charge in [-0.25, -0.2) is 41.2 Å². The van der Waals surface area contributed by atoms with E-state index in [0.29, 0.717) is 145 Å².